The fourth-order valence-electron chi connectivity index (χ4n) is 1.83. The number of rotatable bonds is 7. The average Bonchev–Trinajstić information content (AvgIpc) is 2.58. The van der Waals surface area contributed by atoms with Crippen LogP contribution in [0.5, 0.6) is 0 Å². The molecule has 0 radical (unpaired) electrons. The van der Waals surface area contributed by atoms with Crippen molar-refractivity contribution in [2.45, 2.75) is 13.8 Å². The van der Waals surface area contributed by atoms with Gasteiger partial charge < -0.3 is 10.2 Å². The molecule has 0 aliphatic heterocycles. The first-order chi connectivity index (χ1) is 11.7. The molecule has 0 aliphatic carbocycles. The van der Waals surface area contributed by atoms with Crippen molar-refractivity contribution in [3.8, 4) is 0 Å². The number of esters is 1. The smallest absolute Gasteiger partial charge is 0.343 e. The van der Waals surface area contributed by atoms with E-state index in [-0.39, 0.29) is 0 Å². The van der Waals surface area contributed by atoms with Gasteiger partial charge in [0.1, 0.15) is 17.0 Å². The van der Waals surface area contributed by atoms with Crippen molar-refractivity contribution in [3.63, 3.8) is 0 Å². The van der Waals surface area contributed by atoms with Crippen LogP contribution in [0.2, 0.25) is 0 Å². The summed E-state index contributed by atoms with van der Waals surface area (Å²) in [7, 11) is 0.915. The molecule has 0 aliphatic rings. The van der Waals surface area contributed by atoms with Gasteiger partial charge in [-0.3, -0.25) is 14.9 Å². The Balaban J connectivity index is 3.66. The monoisotopic (exact) mass is 361 g/mol. The molecule has 0 bridgehead atoms. The van der Waals surface area contributed by atoms with Crippen LogP contribution in [0.1, 0.15) is 22.8 Å². The van der Waals surface area contributed by atoms with E-state index in [2.05, 4.69) is 15.6 Å². The zero-order valence-corrected chi connectivity index (χ0v) is 13.4. The molecule has 0 aromatic heterocycles. The van der Waals surface area contributed by atoms with Crippen LogP contribution < -0.4 is 10.9 Å². The lowest BCUT2D eigenvalue weighted by atomic mass is 9.98. The third-order valence-corrected chi connectivity index (χ3v) is 3.07. The number of hydrogen-bond donors (Lipinski definition) is 2. The predicted octanol–water partition coefficient (Wildman–Crippen LogP) is 1.67. The molecule has 0 atom stereocenters. The van der Waals surface area contributed by atoms with E-state index in [4.69, 9.17) is 0 Å². The fraction of sp³-hybridized carbons (Fsp3) is 0.286. The second-order valence-corrected chi connectivity index (χ2v) is 4.60. The molecule has 0 saturated carbocycles. The van der Waals surface area contributed by atoms with Crippen LogP contribution in [-0.2, 0) is 9.53 Å². The summed E-state index contributed by atoms with van der Waals surface area (Å²) in [6.45, 7) is 2.83. The number of nitro benzene ring substituents is 1. The van der Waals surface area contributed by atoms with Crippen LogP contribution in [0.15, 0.2) is 11.8 Å². The van der Waals surface area contributed by atoms with Crippen molar-refractivity contribution in [3.05, 3.63) is 50.5 Å². The standard InChI is InChI=1S/C14H14F3N3O5/c1-4-18-19-5-7(14(22)25-3)13(21)8-9(15)6(2)10(16)11(17)12(8)20(23)24/h5,18-19H,4H2,1-3H3/b7-5+. The van der Waals surface area contributed by atoms with Gasteiger partial charge in [-0.1, -0.05) is 6.92 Å². The van der Waals surface area contributed by atoms with Crippen LogP contribution in [0.4, 0.5) is 18.9 Å². The number of ether oxygens (including phenoxy) is 1. The van der Waals surface area contributed by atoms with Crippen molar-refractivity contribution in [1.29, 1.82) is 0 Å². The number of ketones is 1. The van der Waals surface area contributed by atoms with E-state index in [1.165, 1.54) is 0 Å². The first kappa shape index (κ1) is 20.1. The number of methoxy groups -OCH3 is 1. The van der Waals surface area contributed by atoms with E-state index in [1.807, 2.05) is 0 Å². The summed E-state index contributed by atoms with van der Waals surface area (Å²) >= 11 is 0. The van der Waals surface area contributed by atoms with Gasteiger partial charge in [0.05, 0.1) is 12.0 Å². The molecule has 0 amide bonds. The normalized spacial score (nSPS) is 11.2. The summed E-state index contributed by atoms with van der Waals surface area (Å²) in [4.78, 5) is 33.7. The fourth-order valence-corrected chi connectivity index (χ4v) is 1.83. The minimum atomic E-state index is -2.00. The molecule has 0 heterocycles. The van der Waals surface area contributed by atoms with Crippen LogP contribution in [0.25, 0.3) is 0 Å². The summed E-state index contributed by atoms with van der Waals surface area (Å²) in [5.41, 5.74) is -0.0533. The maximum Gasteiger partial charge on any atom is 0.343 e. The second kappa shape index (κ2) is 8.24. The van der Waals surface area contributed by atoms with Crippen LogP contribution in [0, 0.1) is 34.5 Å². The molecule has 8 nitrogen and oxygen atoms in total. The Bertz CT molecular complexity index is 765. The second-order valence-electron chi connectivity index (χ2n) is 4.60. The highest BCUT2D eigenvalue weighted by molar-refractivity contribution is 6.25. The lowest BCUT2D eigenvalue weighted by molar-refractivity contribution is -0.388. The van der Waals surface area contributed by atoms with Crippen LogP contribution in [0.3, 0.4) is 0 Å². The Morgan fingerprint density at radius 1 is 1.24 bits per heavy atom. The first-order valence-corrected chi connectivity index (χ1v) is 6.81. The molecule has 11 heteroatoms. The highest BCUT2D eigenvalue weighted by Gasteiger charge is 2.37. The number of nitrogens with one attached hydrogen (secondary N) is 2. The van der Waals surface area contributed by atoms with Gasteiger partial charge >= 0.3 is 11.7 Å². The SMILES string of the molecule is CCNN/C=C(/C(=O)OC)C(=O)c1c(F)c(C)c(F)c(F)c1[N+](=O)[O-]. The zero-order valence-electron chi connectivity index (χ0n) is 13.4. The first-order valence-electron chi connectivity index (χ1n) is 6.81. The van der Waals surface area contributed by atoms with E-state index in [1.54, 1.807) is 6.92 Å². The summed E-state index contributed by atoms with van der Waals surface area (Å²) in [5, 5.41) is 11.0. The number of hydrazine groups is 1. The molecule has 25 heavy (non-hydrogen) atoms. The maximum atomic E-state index is 14.3. The van der Waals surface area contributed by atoms with Crippen LogP contribution in [-0.4, -0.2) is 30.3 Å². The van der Waals surface area contributed by atoms with Crippen molar-refractivity contribution < 1.29 is 32.4 Å². The van der Waals surface area contributed by atoms with E-state index < -0.39 is 56.5 Å². The van der Waals surface area contributed by atoms with Gasteiger partial charge in [0.25, 0.3) is 0 Å². The molecule has 1 rings (SSSR count). The molecule has 1 aromatic carbocycles. The molecule has 136 valence electrons. The summed E-state index contributed by atoms with van der Waals surface area (Å²) in [6, 6.07) is 0. The number of carbonyl (C=O) groups is 2. The number of nitrogens with zero attached hydrogens (tertiary/aromatic N) is 1. The third kappa shape index (κ3) is 3.94. The average molecular weight is 361 g/mol. The van der Waals surface area contributed by atoms with Gasteiger partial charge in [0.2, 0.25) is 11.6 Å². The largest absolute Gasteiger partial charge is 0.465 e. The Morgan fingerprint density at radius 3 is 2.32 bits per heavy atom. The summed E-state index contributed by atoms with van der Waals surface area (Å²) in [5.74, 6) is -8.24. The Kier molecular flexibility index (Phi) is 6.62. The number of halogens is 3. The van der Waals surface area contributed by atoms with E-state index in [0.717, 1.165) is 20.2 Å². The Morgan fingerprint density at radius 2 is 1.84 bits per heavy atom. The topological polar surface area (TPSA) is 111 Å². The third-order valence-electron chi connectivity index (χ3n) is 3.07. The van der Waals surface area contributed by atoms with Crippen molar-refractivity contribution in [2.24, 2.45) is 0 Å². The summed E-state index contributed by atoms with van der Waals surface area (Å²) < 4.78 is 46.1. The summed E-state index contributed by atoms with van der Waals surface area (Å²) in [6.07, 6.45) is 0.775. The molecule has 0 saturated heterocycles. The lowest BCUT2D eigenvalue weighted by Crippen LogP contribution is -2.29. The molecular weight excluding hydrogens is 347 g/mol. The van der Waals surface area contributed by atoms with Crippen molar-refractivity contribution >= 4 is 17.4 Å². The van der Waals surface area contributed by atoms with Crippen molar-refractivity contribution in [2.75, 3.05) is 13.7 Å². The van der Waals surface area contributed by atoms with Gasteiger partial charge in [-0.05, 0) is 6.92 Å². The number of Topliss-reactive ketones (excluding diaryl/α,β-unsaturated/α-hetero) is 1. The lowest BCUT2D eigenvalue weighted by Gasteiger charge is -2.10. The molecule has 0 unspecified atom stereocenters. The van der Waals surface area contributed by atoms with Gasteiger partial charge in [-0.2, -0.15) is 4.39 Å². The number of hydrogen-bond acceptors (Lipinski definition) is 7. The molecule has 0 fully saturated rings. The molecule has 2 N–H and O–H groups in total. The minimum Gasteiger partial charge on any atom is -0.465 e. The molecule has 0 spiro atoms. The van der Waals surface area contributed by atoms with Gasteiger partial charge in [0, 0.05) is 18.3 Å². The highest BCUT2D eigenvalue weighted by atomic mass is 19.2. The number of carbonyl (C=O) groups excluding carboxylic acids is 2. The van der Waals surface area contributed by atoms with Crippen LogP contribution >= 0.6 is 0 Å². The van der Waals surface area contributed by atoms with E-state index in [0.29, 0.717) is 6.54 Å². The molecule has 1 aromatic rings. The quantitative estimate of drug-likeness (QED) is 0.0875. The number of nitro groups is 1. The van der Waals surface area contributed by atoms with Gasteiger partial charge in [0.15, 0.2) is 5.82 Å². The minimum absolute atomic E-state index is 0.359. The van der Waals surface area contributed by atoms with Crippen molar-refractivity contribution in [1.82, 2.24) is 10.9 Å². The maximum absolute atomic E-state index is 14.3. The van der Waals surface area contributed by atoms with Gasteiger partial charge in [-0.25, -0.2) is 19.0 Å². The predicted molar refractivity (Wildman–Crippen MR) is 78.9 cm³/mol. The highest BCUT2D eigenvalue weighted by Crippen LogP contribution is 2.32. The Hall–Kier alpha value is -2.95. The van der Waals surface area contributed by atoms with E-state index >= 15 is 0 Å². The van der Waals surface area contributed by atoms with Gasteiger partial charge in [-0.15, -0.1) is 0 Å². The van der Waals surface area contributed by atoms with E-state index in [9.17, 15) is 32.9 Å². The number of benzene rings is 1. The molecular formula is C14H14F3N3O5. The zero-order chi connectivity index (χ0) is 19.3. The Labute approximate surface area is 139 Å².